The van der Waals surface area contributed by atoms with Crippen molar-refractivity contribution in [2.75, 3.05) is 13.1 Å². The van der Waals surface area contributed by atoms with Gasteiger partial charge in [-0.3, -0.25) is 4.79 Å². The molecule has 1 N–H and O–H groups in total. The molecule has 2 aromatic rings. The van der Waals surface area contributed by atoms with Crippen LogP contribution in [0.25, 0.3) is 10.9 Å². The van der Waals surface area contributed by atoms with Gasteiger partial charge in [0.1, 0.15) is 5.82 Å². The summed E-state index contributed by atoms with van der Waals surface area (Å²) >= 11 is 0. The molecule has 100 valence electrons. The van der Waals surface area contributed by atoms with E-state index in [-0.39, 0.29) is 5.56 Å². The summed E-state index contributed by atoms with van der Waals surface area (Å²) in [6, 6.07) is 7.76. The third-order valence-electron chi connectivity index (χ3n) is 3.92. The van der Waals surface area contributed by atoms with Crippen molar-refractivity contribution in [1.29, 1.82) is 0 Å². The predicted molar refractivity (Wildman–Crippen MR) is 76.3 cm³/mol. The molecule has 19 heavy (non-hydrogen) atoms. The number of hydrogen-bond donors (Lipinski definition) is 1. The van der Waals surface area contributed by atoms with E-state index in [1.807, 2.05) is 31.2 Å². The second-order valence-corrected chi connectivity index (χ2v) is 5.30. The third kappa shape index (κ3) is 2.40. The van der Waals surface area contributed by atoms with E-state index in [9.17, 15) is 4.79 Å². The van der Waals surface area contributed by atoms with Crippen LogP contribution >= 0.6 is 0 Å². The summed E-state index contributed by atoms with van der Waals surface area (Å²) in [6.07, 6.45) is 2.47. The van der Waals surface area contributed by atoms with Crippen LogP contribution < -0.4 is 10.9 Å². The summed E-state index contributed by atoms with van der Waals surface area (Å²) < 4.78 is 2.19. The third-order valence-corrected chi connectivity index (χ3v) is 3.92. The number of nitrogens with one attached hydrogen (secondary N) is 1. The van der Waals surface area contributed by atoms with Crippen LogP contribution in [0.3, 0.4) is 0 Å². The number of para-hydroxylation sites is 1. The van der Waals surface area contributed by atoms with Gasteiger partial charge < -0.3 is 9.88 Å². The lowest BCUT2D eigenvalue weighted by atomic mass is 9.99. The zero-order valence-corrected chi connectivity index (χ0v) is 11.2. The first-order valence-electron chi connectivity index (χ1n) is 6.92. The van der Waals surface area contributed by atoms with Gasteiger partial charge in [0.05, 0.1) is 10.9 Å². The highest BCUT2D eigenvalue weighted by Crippen LogP contribution is 2.17. The Kier molecular flexibility index (Phi) is 3.34. The van der Waals surface area contributed by atoms with Gasteiger partial charge in [-0.25, -0.2) is 0 Å². The standard InChI is InChI=1S/C15H19N3O/c1-11-17-15(19)13-6-2-3-7-14(13)18(11)10-12-5-4-8-16-9-12/h2-3,6-7,12,16H,4-5,8-10H2,1H3. The maximum atomic E-state index is 11.9. The van der Waals surface area contributed by atoms with E-state index in [1.54, 1.807) is 0 Å². The van der Waals surface area contributed by atoms with Crippen molar-refractivity contribution >= 4 is 10.9 Å². The molecule has 1 atom stereocenters. The SMILES string of the molecule is Cc1nc(=O)c2ccccc2n1CC1CCCNC1. The van der Waals surface area contributed by atoms with Gasteiger partial charge in [-0.1, -0.05) is 12.1 Å². The topological polar surface area (TPSA) is 46.9 Å². The molecule has 0 saturated carbocycles. The fourth-order valence-corrected chi connectivity index (χ4v) is 2.90. The summed E-state index contributed by atoms with van der Waals surface area (Å²) in [5.74, 6) is 1.44. The lowest BCUT2D eigenvalue weighted by molar-refractivity contribution is 0.337. The van der Waals surface area contributed by atoms with Crippen LogP contribution in [0.2, 0.25) is 0 Å². The van der Waals surface area contributed by atoms with Gasteiger partial charge in [-0.15, -0.1) is 0 Å². The van der Waals surface area contributed by atoms with E-state index >= 15 is 0 Å². The number of aromatic nitrogens is 2. The van der Waals surface area contributed by atoms with Gasteiger partial charge in [0.15, 0.2) is 0 Å². The first kappa shape index (κ1) is 12.4. The smallest absolute Gasteiger partial charge is 0.280 e. The molecule has 1 unspecified atom stereocenters. The molecule has 0 spiro atoms. The number of fused-ring (bicyclic) bond motifs is 1. The Morgan fingerprint density at radius 1 is 1.42 bits per heavy atom. The monoisotopic (exact) mass is 257 g/mol. The Bertz CT molecular complexity index is 641. The Balaban J connectivity index is 2.04. The van der Waals surface area contributed by atoms with Crippen LogP contribution in [-0.2, 0) is 6.54 Å². The summed E-state index contributed by atoms with van der Waals surface area (Å²) in [7, 11) is 0. The normalized spacial score (nSPS) is 19.7. The van der Waals surface area contributed by atoms with Gasteiger partial charge in [0.2, 0.25) is 0 Å². The van der Waals surface area contributed by atoms with Gasteiger partial charge >= 0.3 is 0 Å². The Morgan fingerprint density at radius 3 is 3.05 bits per heavy atom. The quantitative estimate of drug-likeness (QED) is 0.891. The number of nitrogens with zero attached hydrogens (tertiary/aromatic N) is 2. The average Bonchev–Trinajstić information content (AvgIpc) is 2.45. The molecule has 0 aliphatic carbocycles. The van der Waals surface area contributed by atoms with E-state index < -0.39 is 0 Å². The Morgan fingerprint density at radius 2 is 2.26 bits per heavy atom. The van der Waals surface area contributed by atoms with Crippen LogP contribution in [0.5, 0.6) is 0 Å². The molecule has 1 aromatic heterocycles. The molecule has 1 saturated heterocycles. The number of hydrogen-bond acceptors (Lipinski definition) is 3. The molecule has 1 fully saturated rings. The molecule has 1 aromatic carbocycles. The van der Waals surface area contributed by atoms with Crippen molar-refractivity contribution in [1.82, 2.24) is 14.9 Å². The van der Waals surface area contributed by atoms with Crippen LogP contribution in [0.1, 0.15) is 18.7 Å². The van der Waals surface area contributed by atoms with Gasteiger partial charge in [-0.2, -0.15) is 4.98 Å². The Hall–Kier alpha value is -1.68. The van der Waals surface area contributed by atoms with Crippen molar-refractivity contribution in [3.8, 4) is 0 Å². The van der Waals surface area contributed by atoms with Crippen molar-refractivity contribution in [3.05, 3.63) is 40.4 Å². The van der Waals surface area contributed by atoms with E-state index in [0.717, 1.165) is 36.4 Å². The van der Waals surface area contributed by atoms with Crippen molar-refractivity contribution in [2.24, 2.45) is 5.92 Å². The number of rotatable bonds is 2. The minimum Gasteiger partial charge on any atom is -0.329 e. The molecule has 0 bridgehead atoms. The van der Waals surface area contributed by atoms with E-state index in [0.29, 0.717) is 5.92 Å². The minimum atomic E-state index is -0.119. The van der Waals surface area contributed by atoms with Crippen LogP contribution in [-0.4, -0.2) is 22.6 Å². The molecule has 0 radical (unpaired) electrons. The molecular formula is C15H19N3O. The first-order valence-corrected chi connectivity index (χ1v) is 6.92. The highest BCUT2D eigenvalue weighted by Gasteiger charge is 2.16. The molecule has 1 aliphatic heterocycles. The second-order valence-electron chi connectivity index (χ2n) is 5.30. The highest BCUT2D eigenvalue weighted by atomic mass is 16.1. The first-order chi connectivity index (χ1) is 9.25. The molecule has 0 amide bonds. The molecule has 1 aliphatic rings. The zero-order valence-electron chi connectivity index (χ0n) is 11.2. The molecule has 3 rings (SSSR count). The lowest BCUT2D eigenvalue weighted by Crippen LogP contribution is -2.33. The second kappa shape index (κ2) is 5.13. The van der Waals surface area contributed by atoms with Crippen molar-refractivity contribution < 1.29 is 0 Å². The minimum absolute atomic E-state index is 0.119. The maximum Gasteiger partial charge on any atom is 0.280 e. The summed E-state index contributed by atoms with van der Waals surface area (Å²) in [5.41, 5.74) is 0.886. The highest BCUT2D eigenvalue weighted by molar-refractivity contribution is 5.78. The van der Waals surface area contributed by atoms with Gasteiger partial charge in [-0.05, 0) is 50.9 Å². The van der Waals surface area contributed by atoms with E-state index in [4.69, 9.17) is 0 Å². The summed E-state index contributed by atoms with van der Waals surface area (Å²) in [6.45, 7) is 5.04. The largest absolute Gasteiger partial charge is 0.329 e. The van der Waals surface area contributed by atoms with E-state index in [2.05, 4.69) is 14.9 Å². The molecular weight excluding hydrogens is 238 g/mol. The summed E-state index contributed by atoms with van der Waals surface area (Å²) in [5, 5.41) is 4.16. The van der Waals surface area contributed by atoms with Gasteiger partial charge in [0, 0.05) is 6.54 Å². The average molecular weight is 257 g/mol. The molecule has 2 heterocycles. The van der Waals surface area contributed by atoms with Crippen LogP contribution in [0, 0.1) is 12.8 Å². The fraction of sp³-hybridized carbons (Fsp3) is 0.467. The van der Waals surface area contributed by atoms with Crippen molar-refractivity contribution in [2.45, 2.75) is 26.3 Å². The molecule has 4 nitrogen and oxygen atoms in total. The maximum absolute atomic E-state index is 11.9. The van der Waals surface area contributed by atoms with Crippen LogP contribution in [0.4, 0.5) is 0 Å². The predicted octanol–water partition coefficient (Wildman–Crippen LogP) is 1.70. The Labute approximate surface area is 112 Å². The fourth-order valence-electron chi connectivity index (χ4n) is 2.90. The number of benzene rings is 1. The van der Waals surface area contributed by atoms with E-state index in [1.165, 1.54) is 12.8 Å². The van der Waals surface area contributed by atoms with Crippen LogP contribution in [0.15, 0.2) is 29.1 Å². The number of piperidine rings is 1. The number of aryl methyl sites for hydroxylation is 1. The van der Waals surface area contributed by atoms with Crippen molar-refractivity contribution in [3.63, 3.8) is 0 Å². The molecule has 4 heteroatoms. The zero-order chi connectivity index (χ0) is 13.2. The summed E-state index contributed by atoms with van der Waals surface area (Å²) in [4.78, 5) is 16.1. The van der Waals surface area contributed by atoms with Gasteiger partial charge in [0.25, 0.3) is 5.56 Å². The lowest BCUT2D eigenvalue weighted by Gasteiger charge is -2.25.